The molecule has 0 spiro atoms. The fourth-order valence-corrected chi connectivity index (χ4v) is 14.9. The molecule has 3 heterocycles. The molecule has 67 heavy (non-hydrogen) atoms. The van der Waals surface area contributed by atoms with Crippen LogP contribution in [0.25, 0.3) is 0 Å². The third-order valence-electron chi connectivity index (χ3n) is 19.0. The van der Waals surface area contributed by atoms with Gasteiger partial charge in [0.2, 0.25) is 0 Å². The Bertz CT molecular complexity index is 1720. The van der Waals surface area contributed by atoms with Crippen LogP contribution >= 0.6 is 0 Å². The molecular weight excluding hydrogens is 881 g/mol. The lowest BCUT2D eigenvalue weighted by molar-refractivity contribution is -0.382. The first-order valence-corrected chi connectivity index (χ1v) is 24.4. The molecule has 4 aliphatic carbocycles. The van der Waals surface area contributed by atoms with Crippen molar-refractivity contribution < 1.29 is 94.8 Å². The van der Waals surface area contributed by atoms with Crippen molar-refractivity contribution in [1.82, 2.24) is 0 Å². The van der Waals surface area contributed by atoms with Crippen LogP contribution in [0.4, 0.5) is 0 Å². The van der Waals surface area contributed by atoms with Crippen LogP contribution in [-0.2, 0) is 28.4 Å². The molecule has 0 radical (unpaired) electrons. The van der Waals surface area contributed by atoms with Gasteiger partial charge >= 0.3 is 0 Å². The van der Waals surface area contributed by atoms with Crippen LogP contribution in [0.3, 0.4) is 0 Å². The van der Waals surface area contributed by atoms with Crippen molar-refractivity contribution in [3.63, 3.8) is 0 Å². The summed E-state index contributed by atoms with van der Waals surface area (Å²) < 4.78 is 37.9. The second kappa shape index (κ2) is 19.4. The van der Waals surface area contributed by atoms with Crippen LogP contribution < -0.4 is 0 Å². The largest absolute Gasteiger partial charge is 0.394 e. The summed E-state index contributed by atoms with van der Waals surface area (Å²) in [4.78, 5) is 0. The zero-order valence-electron chi connectivity index (χ0n) is 40.3. The molecule has 3 aliphatic heterocycles. The molecule has 19 nitrogen and oxygen atoms in total. The molecule has 0 amide bonds. The van der Waals surface area contributed by atoms with Crippen molar-refractivity contribution in [2.75, 3.05) is 13.2 Å². The minimum atomic E-state index is -1.77. The third-order valence-corrected chi connectivity index (χ3v) is 19.0. The fourth-order valence-electron chi connectivity index (χ4n) is 14.9. The van der Waals surface area contributed by atoms with Gasteiger partial charge in [0.05, 0.1) is 49.3 Å². The molecule has 4 saturated carbocycles. The van der Waals surface area contributed by atoms with E-state index in [2.05, 4.69) is 27.4 Å². The van der Waals surface area contributed by atoms with Crippen LogP contribution in [0, 0.1) is 45.3 Å². The normalized spacial score (nSPS) is 53.4. The van der Waals surface area contributed by atoms with Gasteiger partial charge in [0.1, 0.15) is 67.1 Å². The Morgan fingerprint density at radius 2 is 1.30 bits per heavy atom. The SMILES string of the molecule is C=C(C)[C@H](O)CC[C@](C)(O[C@@H]1O[C@H](CO)[C@@H](O)[C@H](O)[C@H]1O)[C@H]1CC[C@]2(C)[C@@H]1[C@H](O)C[C@@H]1[C@@]3(C)CC[C@H](O)C(C)(C)[C@@H]3[C@@H](O[C@@H]3O[C@H](CO)[C@@H](O)[C@H](O)[C@H]3O[C@@H]3O[C@@H](C)[C@H](O)[C@@H](O)[C@H]3O)C[C@]12C. The topological polar surface area (TPSA) is 318 Å². The van der Waals surface area contributed by atoms with Gasteiger partial charge in [0.25, 0.3) is 0 Å². The molecule has 3 saturated heterocycles. The summed E-state index contributed by atoms with van der Waals surface area (Å²) in [5.74, 6) is -1.42. The Morgan fingerprint density at radius 3 is 1.91 bits per heavy atom. The van der Waals surface area contributed by atoms with Gasteiger partial charge < -0.3 is 94.8 Å². The van der Waals surface area contributed by atoms with E-state index in [-0.39, 0.29) is 18.8 Å². The molecule has 7 aliphatic rings. The highest BCUT2D eigenvalue weighted by atomic mass is 16.8. The number of aliphatic hydroxyl groups is 13. The number of hydrogen-bond donors (Lipinski definition) is 13. The summed E-state index contributed by atoms with van der Waals surface area (Å²) in [6.45, 7) is 18.1. The van der Waals surface area contributed by atoms with E-state index >= 15 is 0 Å². The van der Waals surface area contributed by atoms with E-state index in [0.717, 1.165) is 0 Å². The van der Waals surface area contributed by atoms with E-state index in [1.54, 1.807) is 6.92 Å². The van der Waals surface area contributed by atoms with Gasteiger partial charge in [-0.1, -0.05) is 46.8 Å². The number of ether oxygens (including phenoxy) is 6. The molecule has 0 aromatic heterocycles. The second-order valence-electron chi connectivity index (χ2n) is 23.1. The van der Waals surface area contributed by atoms with Gasteiger partial charge in [-0.05, 0) is 117 Å². The van der Waals surface area contributed by atoms with Gasteiger partial charge in [-0.15, -0.1) is 0 Å². The number of fused-ring (bicyclic) bond motifs is 5. The van der Waals surface area contributed by atoms with Crippen LogP contribution in [0.1, 0.15) is 107 Å². The number of hydrogen-bond acceptors (Lipinski definition) is 19. The van der Waals surface area contributed by atoms with Gasteiger partial charge in [-0.2, -0.15) is 0 Å². The standard InChI is InChI=1S/C48H82O19/c1-20(2)23(51)11-15-48(9,67-42-38(61)35(58)32(55)26(18-49)64-42)22-10-14-46(7)30(22)24(52)16-28-45(6)13-12-29(53)44(4,5)40(45)25(17-47(28,46)8)63-43-39(36(59)33(56)27(19-50)65-43)66-41-37(60)34(57)31(54)21(3)62-41/h21-43,49-61H,1,10-19H2,2-9H3/t21-,22-,23+,24+,25-,26+,27+,28+,29-,30-,31-,32+,33+,34+,35-,36-,37+,38+,39+,40-,41-,42-,43+,45+,46+,47+,48-/m0/s1. The summed E-state index contributed by atoms with van der Waals surface area (Å²) >= 11 is 0. The lowest BCUT2D eigenvalue weighted by atomic mass is 9.34. The Hall–Kier alpha value is -1.02. The van der Waals surface area contributed by atoms with E-state index in [0.29, 0.717) is 44.1 Å². The molecule has 13 N–H and O–H groups in total. The summed E-state index contributed by atoms with van der Waals surface area (Å²) in [5.41, 5.74) is -3.37. The monoisotopic (exact) mass is 963 g/mol. The molecule has 7 fully saturated rings. The Labute approximate surface area is 393 Å². The van der Waals surface area contributed by atoms with E-state index in [1.807, 2.05) is 20.8 Å². The van der Waals surface area contributed by atoms with Gasteiger partial charge in [0, 0.05) is 0 Å². The molecule has 0 aromatic carbocycles. The number of rotatable bonds is 13. The zero-order chi connectivity index (χ0) is 49.7. The highest BCUT2D eigenvalue weighted by Gasteiger charge is 2.74. The van der Waals surface area contributed by atoms with Crippen LogP contribution in [0.5, 0.6) is 0 Å². The van der Waals surface area contributed by atoms with E-state index in [4.69, 9.17) is 28.4 Å². The molecule has 388 valence electrons. The summed E-state index contributed by atoms with van der Waals surface area (Å²) in [6.07, 6.45) is -23.0. The molecule has 7 rings (SSSR count). The first-order valence-electron chi connectivity index (χ1n) is 24.4. The van der Waals surface area contributed by atoms with E-state index < -0.39 is 175 Å². The lowest BCUT2D eigenvalue weighted by Crippen LogP contribution is -2.71. The molecule has 0 aromatic rings. The smallest absolute Gasteiger partial charge is 0.187 e. The van der Waals surface area contributed by atoms with Gasteiger partial charge in [-0.3, -0.25) is 0 Å². The van der Waals surface area contributed by atoms with Crippen molar-refractivity contribution in [3.8, 4) is 0 Å². The van der Waals surface area contributed by atoms with Crippen LogP contribution in [-0.4, -0.2) is 202 Å². The highest BCUT2D eigenvalue weighted by molar-refractivity contribution is 5.22. The fraction of sp³-hybridized carbons (Fsp3) is 0.958. The van der Waals surface area contributed by atoms with E-state index in [1.165, 1.54) is 6.92 Å². The maximum absolute atomic E-state index is 12.7. The third kappa shape index (κ3) is 8.92. The molecule has 0 bridgehead atoms. The van der Waals surface area contributed by atoms with Crippen LogP contribution in [0.2, 0.25) is 0 Å². The first-order chi connectivity index (χ1) is 31.1. The maximum atomic E-state index is 12.7. The summed E-state index contributed by atoms with van der Waals surface area (Å²) in [7, 11) is 0. The Morgan fingerprint density at radius 1 is 0.716 bits per heavy atom. The van der Waals surface area contributed by atoms with Crippen molar-refractivity contribution in [1.29, 1.82) is 0 Å². The first kappa shape index (κ1) is 53.8. The predicted octanol–water partition coefficient (Wildman–Crippen LogP) is -1.06. The highest BCUT2D eigenvalue weighted by Crippen LogP contribution is 2.76. The average Bonchev–Trinajstić information content (AvgIpc) is 3.66. The maximum Gasteiger partial charge on any atom is 0.187 e. The Balaban J connectivity index is 1.27. The average molecular weight is 963 g/mol. The quantitative estimate of drug-likeness (QED) is 0.0773. The Kier molecular flexibility index (Phi) is 15.6. The van der Waals surface area contributed by atoms with Gasteiger partial charge in [-0.25, -0.2) is 0 Å². The zero-order valence-corrected chi connectivity index (χ0v) is 40.3. The lowest BCUT2D eigenvalue weighted by Gasteiger charge is -2.72. The van der Waals surface area contributed by atoms with Crippen molar-refractivity contribution in [2.45, 2.75) is 229 Å². The molecular formula is C48H82O19. The van der Waals surface area contributed by atoms with Crippen LogP contribution in [0.15, 0.2) is 12.2 Å². The molecule has 19 heteroatoms. The minimum absolute atomic E-state index is 0.133. The van der Waals surface area contributed by atoms with E-state index in [9.17, 15) is 66.4 Å². The predicted molar refractivity (Wildman–Crippen MR) is 235 cm³/mol. The molecule has 27 atom stereocenters. The number of aliphatic hydroxyl groups excluding tert-OH is 13. The minimum Gasteiger partial charge on any atom is -0.394 e. The van der Waals surface area contributed by atoms with Crippen molar-refractivity contribution in [2.24, 2.45) is 45.3 Å². The van der Waals surface area contributed by atoms with Crippen molar-refractivity contribution in [3.05, 3.63) is 12.2 Å². The molecule has 0 unspecified atom stereocenters. The van der Waals surface area contributed by atoms with Gasteiger partial charge in [0.15, 0.2) is 18.9 Å². The summed E-state index contributed by atoms with van der Waals surface area (Å²) in [5, 5.41) is 143. The van der Waals surface area contributed by atoms with Crippen molar-refractivity contribution >= 4 is 0 Å². The second-order valence-corrected chi connectivity index (χ2v) is 23.1. The summed E-state index contributed by atoms with van der Waals surface area (Å²) in [6, 6.07) is 0.